The van der Waals surface area contributed by atoms with Crippen LogP contribution in [-0.4, -0.2) is 66.4 Å². The third-order valence-electron chi connectivity index (χ3n) is 4.07. The second-order valence-corrected chi connectivity index (χ2v) is 7.64. The molecule has 116 valence electrons. The molecule has 0 aromatic carbocycles. The molecule has 1 saturated heterocycles. The highest BCUT2D eigenvalue weighted by Crippen LogP contribution is 2.30. The van der Waals surface area contributed by atoms with E-state index in [4.69, 9.17) is 5.11 Å². The first-order chi connectivity index (χ1) is 9.96. The second-order valence-electron chi connectivity index (χ2n) is 5.70. The number of aromatic amines is 1. The van der Waals surface area contributed by atoms with Gasteiger partial charge in [-0.15, -0.1) is 0 Å². The average molecular weight is 313 g/mol. The molecule has 2 heterocycles. The van der Waals surface area contributed by atoms with E-state index in [-0.39, 0.29) is 10.6 Å². The molecule has 1 aliphatic carbocycles. The number of nitrogens with one attached hydrogen (secondary N) is 1. The summed E-state index contributed by atoms with van der Waals surface area (Å²) in [7, 11) is -3.60. The van der Waals surface area contributed by atoms with Crippen LogP contribution in [0.4, 0.5) is 0 Å². The van der Waals surface area contributed by atoms with Crippen molar-refractivity contribution in [2.45, 2.75) is 17.7 Å². The molecule has 1 aliphatic heterocycles. The molecule has 3 rings (SSSR count). The summed E-state index contributed by atoms with van der Waals surface area (Å²) >= 11 is 0. The smallest absolute Gasteiger partial charge is 0.352 e. The number of nitrogens with zero attached hydrogens (tertiary/aromatic N) is 2. The largest absolute Gasteiger partial charge is 0.477 e. The van der Waals surface area contributed by atoms with Gasteiger partial charge in [-0.25, -0.2) is 13.2 Å². The first-order valence-corrected chi connectivity index (χ1v) is 8.55. The molecule has 21 heavy (non-hydrogen) atoms. The highest BCUT2D eigenvalue weighted by molar-refractivity contribution is 7.89. The Hall–Kier alpha value is -1.38. The maximum absolute atomic E-state index is 12.5. The Balaban J connectivity index is 1.66. The number of rotatable bonds is 5. The van der Waals surface area contributed by atoms with Crippen molar-refractivity contribution in [1.29, 1.82) is 0 Å². The summed E-state index contributed by atoms with van der Waals surface area (Å²) in [5.41, 5.74) is -0.110. The van der Waals surface area contributed by atoms with E-state index in [1.807, 2.05) is 0 Å². The maximum atomic E-state index is 12.5. The molecule has 8 heteroatoms. The summed E-state index contributed by atoms with van der Waals surface area (Å²) in [4.78, 5) is 15.6. The highest BCUT2D eigenvalue weighted by atomic mass is 32.2. The molecule has 0 atom stereocenters. The fourth-order valence-electron chi connectivity index (χ4n) is 2.61. The number of H-pyrrole nitrogens is 1. The van der Waals surface area contributed by atoms with Crippen molar-refractivity contribution in [2.24, 2.45) is 5.92 Å². The zero-order chi connectivity index (χ0) is 15.0. The van der Waals surface area contributed by atoms with Crippen LogP contribution in [0.25, 0.3) is 0 Å². The Morgan fingerprint density at radius 3 is 2.48 bits per heavy atom. The van der Waals surface area contributed by atoms with Gasteiger partial charge in [0.15, 0.2) is 0 Å². The van der Waals surface area contributed by atoms with E-state index in [0.717, 1.165) is 25.6 Å². The number of carbonyl (C=O) groups is 1. The number of carboxylic acid groups (broad SMARTS) is 1. The van der Waals surface area contributed by atoms with Crippen LogP contribution in [0.1, 0.15) is 23.3 Å². The van der Waals surface area contributed by atoms with Gasteiger partial charge in [0.25, 0.3) is 0 Å². The summed E-state index contributed by atoms with van der Waals surface area (Å²) < 4.78 is 26.4. The third kappa shape index (κ3) is 3.12. The molecule has 2 aliphatic rings. The molecule has 0 unspecified atom stereocenters. The Bertz CT molecular complexity index is 628. The topological polar surface area (TPSA) is 93.7 Å². The van der Waals surface area contributed by atoms with Crippen LogP contribution in [0.5, 0.6) is 0 Å². The zero-order valence-electron chi connectivity index (χ0n) is 11.7. The molecular weight excluding hydrogens is 294 g/mol. The molecule has 0 bridgehead atoms. The lowest BCUT2D eigenvalue weighted by Gasteiger charge is -2.33. The number of piperazine rings is 1. The Labute approximate surface area is 123 Å². The lowest BCUT2D eigenvalue weighted by atomic mass is 10.3. The Kier molecular flexibility index (Phi) is 3.76. The third-order valence-corrected chi connectivity index (χ3v) is 5.95. The van der Waals surface area contributed by atoms with Gasteiger partial charge in [-0.05, 0) is 24.8 Å². The second kappa shape index (κ2) is 5.43. The summed E-state index contributed by atoms with van der Waals surface area (Å²) in [6, 6.07) is 1.17. The van der Waals surface area contributed by atoms with Gasteiger partial charge in [-0.2, -0.15) is 4.31 Å². The minimum absolute atomic E-state index is 0.0237. The van der Waals surface area contributed by atoms with Crippen LogP contribution in [0.3, 0.4) is 0 Å². The van der Waals surface area contributed by atoms with Gasteiger partial charge in [-0.1, -0.05) is 0 Å². The predicted molar refractivity (Wildman–Crippen MR) is 75.7 cm³/mol. The van der Waals surface area contributed by atoms with E-state index in [9.17, 15) is 13.2 Å². The number of aromatic carboxylic acids is 1. The van der Waals surface area contributed by atoms with Crippen molar-refractivity contribution in [3.63, 3.8) is 0 Å². The van der Waals surface area contributed by atoms with Crippen LogP contribution < -0.4 is 0 Å². The van der Waals surface area contributed by atoms with Crippen molar-refractivity contribution in [3.05, 3.63) is 18.0 Å². The summed E-state index contributed by atoms with van der Waals surface area (Å²) in [5.74, 6) is -0.360. The number of hydrogen-bond acceptors (Lipinski definition) is 4. The van der Waals surface area contributed by atoms with Gasteiger partial charge in [0.1, 0.15) is 10.6 Å². The fraction of sp³-hybridized carbons (Fsp3) is 0.615. The van der Waals surface area contributed by atoms with Crippen LogP contribution in [0.15, 0.2) is 17.2 Å². The summed E-state index contributed by atoms with van der Waals surface area (Å²) in [6.07, 6.45) is 3.83. The van der Waals surface area contributed by atoms with Crippen LogP contribution in [-0.2, 0) is 10.0 Å². The molecule has 2 fully saturated rings. The van der Waals surface area contributed by atoms with Crippen molar-refractivity contribution in [2.75, 3.05) is 32.7 Å². The quantitative estimate of drug-likeness (QED) is 0.822. The van der Waals surface area contributed by atoms with Gasteiger partial charge in [0.05, 0.1) is 0 Å². The van der Waals surface area contributed by atoms with E-state index < -0.39 is 16.0 Å². The zero-order valence-corrected chi connectivity index (χ0v) is 12.5. The Morgan fingerprint density at radius 2 is 1.95 bits per heavy atom. The number of sulfonamides is 1. The molecule has 1 aromatic rings. The van der Waals surface area contributed by atoms with Crippen molar-refractivity contribution >= 4 is 16.0 Å². The highest BCUT2D eigenvalue weighted by Gasteiger charge is 2.31. The standard InChI is InChI=1S/C13H19N3O4S/c17-13(18)12-7-11(8-14-12)21(19,20)16-5-3-15(4-6-16)9-10-1-2-10/h7-8,10,14H,1-6,9H2,(H,17,18). The normalized spacial score (nSPS) is 21.5. The van der Waals surface area contributed by atoms with Crippen LogP contribution in [0.2, 0.25) is 0 Å². The van der Waals surface area contributed by atoms with E-state index in [0.29, 0.717) is 13.1 Å². The van der Waals surface area contributed by atoms with Gasteiger partial charge >= 0.3 is 5.97 Å². The minimum Gasteiger partial charge on any atom is -0.477 e. The Morgan fingerprint density at radius 1 is 1.29 bits per heavy atom. The predicted octanol–water partition coefficient (Wildman–Crippen LogP) is 0.429. The SMILES string of the molecule is O=C(O)c1cc(S(=O)(=O)N2CCN(CC3CC3)CC2)c[nH]1. The fourth-order valence-corrected chi connectivity index (χ4v) is 4.03. The summed E-state index contributed by atoms with van der Waals surface area (Å²) in [5, 5.41) is 8.85. The minimum atomic E-state index is -3.60. The maximum Gasteiger partial charge on any atom is 0.352 e. The molecular formula is C13H19N3O4S. The summed E-state index contributed by atoms with van der Waals surface area (Å²) in [6.45, 7) is 3.48. The average Bonchev–Trinajstić information content (AvgIpc) is 3.10. The molecule has 1 saturated carbocycles. The van der Waals surface area contributed by atoms with E-state index in [2.05, 4.69) is 9.88 Å². The number of hydrogen-bond donors (Lipinski definition) is 2. The van der Waals surface area contributed by atoms with E-state index in [1.165, 1.54) is 29.4 Å². The van der Waals surface area contributed by atoms with E-state index in [1.54, 1.807) is 0 Å². The monoisotopic (exact) mass is 313 g/mol. The van der Waals surface area contributed by atoms with Crippen molar-refractivity contribution in [1.82, 2.24) is 14.2 Å². The van der Waals surface area contributed by atoms with Gasteiger partial charge < -0.3 is 15.0 Å². The molecule has 1 aromatic heterocycles. The molecule has 0 amide bonds. The molecule has 0 spiro atoms. The van der Waals surface area contributed by atoms with Gasteiger partial charge in [-0.3, -0.25) is 0 Å². The molecule has 0 radical (unpaired) electrons. The first-order valence-electron chi connectivity index (χ1n) is 7.11. The van der Waals surface area contributed by atoms with Crippen LogP contribution >= 0.6 is 0 Å². The van der Waals surface area contributed by atoms with E-state index >= 15 is 0 Å². The number of aromatic nitrogens is 1. The van der Waals surface area contributed by atoms with Crippen LogP contribution in [0, 0.1) is 5.92 Å². The van der Waals surface area contributed by atoms with Gasteiger partial charge in [0, 0.05) is 38.9 Å². The van der Waals surface area contributed by atoms with Crippen molar-refractivity contribution in [3.8, 4) is 0 Å². The molecule has 2 N–H and O–H groups in total. The molecule has 7 nitrogen and oxygen atoms in total. The lowest BCUT2D eigenvalue weighted by molar-refractivity contribution is 0.0691. The first kappa shape index (κ1) is 14.6. The lowest BCUT2D eigenvalue weighted by Crippen LogP contribution is -2.48. The number of carboxylic acids is 1. The van der Waals surface area contributed by atoms with Crippen molar-refractivity contribution < 1.29 is 18.3 Å². The van der Waals surface area contributed by atoms with Gasteiger partial charge in [0.2, 0.25) is 10.0 Å².